The molecule has 8 heteroatoms. The number of nitrogens with zero attached hydrogens (tertiary/aromatic N) is 1. The number of carbonyl (C=O) groups is 2. The average molecular weight is 529 g/mol. The molecular formula is C29H21FN2O3S2. The molecule has 1 aliphatic rings. The predicted molar refractivity (Wildman–Crippen MR) is 152 cm³/mol. The van der Waals surface area contributed by atoms with E-state index >= 15 is 0 Å². The lowest BCUT2D eigenvalue weighted by atomic mass is 10.0. The minimum absolute atomic E-state index is 0.276. The number of nitrogens with one attached hydrogen (secondary N) is 1. The van der Waals surface area contributed by atoms with E-state index in [1.54, 1.807) is 24.3 Å². The molecule has 1 fully saturated rings. The Kier molecular flexibility index (Phi) is 7.03. The van der Waals surface area contributed by atoms with E-state index in [-0.39, 0.29) is 17.6 Å². The molecule has 0 atom stereocenters. The number of halogens is 1. The normalized spacial score (nSPS) is 14.4. The summed E-state index contributed by atoms with van der Waals surface area (Å²) in [6.45, 7) is 2.41. The first-order valence-corrected chi connectivity index (χ1v) is 12.8. The van der Waals surface area contributed by atoms with Crippen LogP contribution in [0, 0.1) is 5.82 Å². The zero-order valence-corrected chi connectivity index (χ0v) is 21.4. The van der Waals surface area contributed by atoms with Crippen molar-refractivity contribution in [1.29, 1.82) is 0 Å². The Hall–Kier alpha value is -4.01. The number of amides is 2. The van der Waals surface area contributed by atoms with Crippen molar-refractivity contribution in [2.45, 2.75) is 6.92 Å². The summed E-state index contributed by atoms with van der Waals surface area (Å²) in [4.78, 5) is 28.2. The van der Waals surface area contributed by atoms with Gasteiger partial charge in [-0.25, -0.2) is 4.39 Å². The summed E-state index contributed by atoms with van der Waals surface area (Å²) >= 11 is 6.76. The fraction of sp³-hybridized carbons (Fsp3) is 0.0690. The Morgan fingerprint density at radius 2 is 1.84 bits per heavy atom. The standard InChI is InChI=1S/C29H21FN2O3S2/c1-2-35-25-15-10-18-6-3-4-9-23(18)24(25)17-26-28(34)32(29(36)37-26)22-8-5-7-19(16-22)27(33)31-21-13-11-20(30)12-14-21/h3-17H,2H2,1H3,(H,31,33)/b26-17+. The van der Waals surface area contributed by atoms with E-state index in [1.807, 2.05) is 49.4 Å². The van der Waals surface area contributed by atoms with Crippen LogP contribution in [0.2, 0.25) is 0 Å². The number of benzene rings is 4. The monoisotopic (exact) mass is 528 g/mol. The van der Waals surface area contributed by atoms with Crippen LogP contribution in [0.4, 0.5) is 15.8 Å². The van der Waals surface area contributed by atoms with E-state index in [2.05, 4.69) is 5.32 Å². The molecule has 37 heavy (non-hydrogen) atoms. The maximum atomic E-state index is 13.5. The summed E-state index contributed by atoms with van der Waals surface area (Å²) in [6, 6.07) is 24.0. The van der Waals surface area contributed by atoms with Gasteiger partial charge in [-0.15, -0.1) is 0 Å². The average Bonchev–Trinajstić information content (AvgIpc) is 3.19. The van der Waals surface area contributed by atoms with Gasteiger partial charge in [0.15, 0.2) is 4.32 Å². The van der Waals surface area contributed by atoms with E-state index in [4.69, 9.17) is 17.0 Å². The second-order valence-electron chi connectivity index (χ2n) is 8.16. The zero-order chi connectivity index (χ0) is 25.9. The Morgan fingerprint density at radius 1 is 1.05 bits per heavy atom. The molecule has 0 spiro atoms. The largest absolute Gasteiger partial charge is 0.493 e. The van der Waals surface area contributed by atoms with Gasteiger partial charge in [-0.3, -0.25) is 14.5 Å². The lowest BCUT2D eigenvalue weighted by molar-refractivity contribution is -0.113. The van der Waals surface area contributed by atoms with Crippen LogP contribution in [0.3, 0.4) is 0 Å². The highest BCUT2D eigenvalue weighted by Crippen LogP contribution is 2.39. The molecule has 1 N–H and O–H groups in total. The van der Waals surface area contributed by atoms with Crippen molar-refractivity contribution in [2.24, 2.45) is 0 Å². The van der Waals surface area contributed by atoms with E-state index in [9.17, 15) is 14.0 Å². The molecule has 184 valence electrons. The number of hydrogen-bond acceptors (Lipinski definition) is 5. The number of rotatable bonds is 6. The Morgan fingerprint density at radius 3 is 2.62 bits per heavy atom. The molecule has 5 nitrogen and oxygen atoms in total. The van der Waals surface area contributed by atoms with Crippen molar-refractivity contribution in [2.75, 3.05) is 16.8 Å². The predicted octanol–water partition coefficient (Wildman–Crippen LogP) is 7.04. The highest BCUT2D eigenvalue weighted by molar-refractivity contribution is 8.27. The minimum Gasteiger partial charge on any atom is -0.493 e. The van der Waals surface area contributed by atoms with Crippen molar-refractivity contribution in [3.8, 4) is 5.75 Å². The molecule has 0 unspecified atom stereocenters. The molecule has 0 aromatic heterocycles. The number of carbonyl (C=O) groups excluding carboxylic acids is 2. The third-order valence-corrected chi connectivity index (χ3v) is 7.07. The van der Waals surface area contributed by atoms with Crippen LogP contribution in [0.5, 0.6) is 5.75 Å². The summed E-state index contributed by atoms with van der Waals surface area (Å²) < 4.78 is 19.4. The third-order valence-electron chi connectivity index (χ3n) is 5.77. The number of hydrogen-bond donors (Lipinski definition) is 1. The molecule has 4 aromatic carbocycles. The van der Waals surface area contributed by atoms with Gasteiger partial charge in [-0.05, 0) is 72.3 Å². The van der Waals surface area contributed by atoms with E-state index < -0.39 is 0 Å². The van der Waals surface area contributed by atoms with Crippen LogP contribution in [-0.2, 0) is 4.79 Å². The van der Waals surface area contributed by atoms with Crippen LogP contribution >= 0.6 is 24.0 Å². The molecule has 1 heterocycles. The molecule has 4 aromatic rings. The second kappa shape index (κ2) is 10.5. The zero-order valence-electron chi connectivity index (χ0n) is 19.7. The Bertz CT molecular complexity index is 1570. The van der Waals surface area contributed by atoms with E-state index in [0.717, 1.165) is 16.3 Å². The molecule has 0 aliphatic carbocycles. The molecule has 5 rings (SSSR count). The molecule has 0 radical (unpaired) electrons. The summed E-state index contributed by atoms with van der Waals surface area (Å²) in [5.74, 6) is -0.363. The number of anilines is 2. The van der Waals surface area contributed by atoms with Crippen molar-refractivity contribution in [3.63, 3.8) is 0 Å². The van der Waals surface area contributed by atoms with Crippen molar-refractivity contribution in [3.05, 3.63) is 107 Å². The quantitative estimate of drug-likeness (QED) is 0.215. The second-order valence-corrected chi connectivity index (χ2v) is 9.84. The van der Waals surface area contributed by atoms with Gasteiger partial charge >= 0.3 is 0 Å². The van der Waals surface area contributed by atoms with Crippen molar-refractivity contribution in [1.82, 2.24) is 0 Å². The maximum Gasteiger partial charge on any atom is 0.270 e. The fourth-order valence-corrected chi connectivity index (χ4v) is 5.33. The van der Waals surface area contributed by atoms with Crippen LogP contribution in [-0.4, -0.2) is 22.7 Å². The highest BCUT2D eigenvalue weighted by atomic mass is 32.2. The summed E-state index contributed by atoms with van der Waals surface area (Å²) in [7, 11) is 0. The third kappa shape index (κ3) is 5.12. The first-order valence-electron chi connectivity index (χ1n) is 11.5. The SMILES string of the molecule is CCOc1ccc2ccccc2c1/C=C1/SC(=S)N(c2cccc(C(=O)Nc3ccc(F)cc3)c2)C1=O. The van der Waals surface area contributed by atoms with Gasteiger partial charge in [-0.1, -0.05) is 60.4 Å². The van der Waals surface area contributed by atoms with Crippen molar-refractivity contribution < 1.29 is 18.7 Å². The maximum absolute atomic E-state index is 13.5. The first kappa shape index (κ1) is 24.7. The lowest BCUT2D eigenvalue weighted by Crippen LogP contribution is -2.27. The van der Waals surface area contributed by atoms with Gasteiger partial charge in [0, 0.05) is 16.8 Å². The van der Waals surface area contributed by atoms with Gasteiger partial charge in [0.05, 0.1) is 17.2 Å². The number of thiocarbonyl (C=S) groups is 1. The van der Waals surface area contributed by atoms with Gasteiger partial charge in [0.25, 0.3) is 11.8 Å². The number of thioether (sulfide) groups is 1. The molecular weight excluding hydrogens is 507 g/mol. The highest BCUT2D eigenvalue weighted by Gasteiger charge is 2.34. The number of ether oxygens (including phenoxy) is 1. The molecule has 0 saturated carbocycles. The Balaban J connectivity index is 1.45. The van der Waals surface area contributed by atoms with Crippen molar-refractivity contribution >= 4 is 68.3 Å². The first-order chi connectivity index (χ1) is 17.9. The van der Waals surface area contributed by atoms with Crippen LogP contribution in [0.25, 0.3) is 16.8 Å². The van der Waals surface area contributed by atoms with Gasteiger partial charge < -0.3 is 10.1 Å². The Labute approximate surface area is 222 Å². The van der Waals surface area contributed by atoms with Crippen LogP contribution in [0.1, 0.15) is 22.8 Å². The molecule has 1 saturated heterocycles. The smallest absolute Gasteiger partial charge is 0.270 e. The molecule has 2 amide bonds. The van der Waals surface area contributed by atoms with Crippen LogP contribution < -0.4 is 15.0 Å². The van der Waals surface area contributed by atoms with E-state index in [1.165, 1.54) is 40.9 Å². The summed E-state index contributed by atoms with van der Waals surface area (Å²) in [5, 5.41) is 4.74. The van der Waals surface area contributed by atoms with Gasteiger partial charge in [-0.2, -0.15) is 0 Å². The molecule has 1 aliphatic heterocycles. The summed E-state index contributed by atoms with van der Waals surface area (Å²) in [6.07, 6.45) is 1.82. The van der Waals surface area contributed by atoms with E-state index in [0.29, 0.717) is 38.5 Å². The number of fused-ring (bicyclic) bond motifs is 1. The summed E-state index contributed by atoms with van der Waals surface area (Å²) in [5.41, 5.74) is 2.10. The van der Waals surface area contributed by atoms with Gasteiger partial charge in [0.2, 0.25) is 0 Å². The minimum atomic E-state index is -0.390. The lowest BCUT2D eigenvalue weighted by Gasteiger charge is -2.16. The van der Waals surface area contributed by atoms with Gasteiger partial charge in [0.1, 0.15) is 11.6 Å². The van der Waals surface area contributed by atoms with Crippen LogP contribution in [0.15, 0.2) is 89.8 Å². The fourth-order valence-electron chi connectivity index (χ4n) is 4.05. The topological polar surface area (TPSA) is 58.6 Å². The molecule has 0 bridgehead atoms.